The number of amides is 1. The lowest BCUT2D eigenvalue weighted by Crippen LogP contribution is -2.22. The van der Waals surface area contributed by atoms with Crippen LogP contribution in [-0.2, 0) is 20.7 Å². The number of carbonyl (C=O) groups is 2. The van der Waals surface area contributed by atoms with Crippen molar-refractivity contribution in [3.05, 3.63) is 39.3 Å². The van der Waals surface area contributed by atoms with Crippen LogP contribution in [0.1, 0.15) is 36.1 Å². The molecule has 0 saturated heterocycles. The Bertz CT molecular complexity index is 932. The number of methoxy groups -OCH3 is 3. The van der Waals surface area contributed by atoms with E-state index in [1.807, 2.05) is 0 Å². The van der Waals surface area contributed by atoms with Crippen LogP contribution in [0.2, 0.25) is 0 Å². The number of primary amides is 1. The Morgan fingerprint density at radius 2 is 1.76 bits per heavy atom. The Labute approximate surface area is 167 Å². The minimum Gasteiger partial charge on any atom is -0.493 e. The zero-order chi connectivity index (χ0) is 21.6. The van der Waals surface area contributed by atoms with Crippen molar-refractivity contribution in [2.24, 2.45) is 5.73 Å². The fourth-order valence-corrected chi connectivity index (χ4v) is 3.24. The highest BCUT2D eigenvalue weighted by atomic mass is 16.5. The topological polar surface area (TPSA) is 146 Å². The summed E-state index contributed by atoms with van der Waals surface area (Å²) in [5, 5.41) is 5.15. The van der Waals surface area contributed by atoms with Crippen LogP contribution in [0.3, 0.4) is 0 Å². The fraction of sp³-hybridized carbons (Fsp3) is 0.421. The molecule has 0 radical (unpaired) electrons. The molecule has 2 rings (SSSR count). The molecular weight excluding hydrogens is 382 g/mol. The number of H-pyrrole nitrogens is 2. The minimum absolute atomic E-state index is 0.174. The molecule has 0 fully saturated rings. The summed E-state index contributed by atoms with van der Waals surface area (Å²) in [4.78, 5) is 36.3. The smallest absolute Gasteiger partial charge is 0.311 e. The third-order valence-electron chi connectivity index (χ3n) is 4.39. The van der Waals surface area contributed by atoms with E-state index in [9.17, 15) is 14.4 Å². The normalized spacial score (nSPS) is 11.6. The van der Waals surface area contributed by atoms with Crippen molar-refractivity contribution in [2.45, 2.75) is 25.7 Å². The van der Waals surface area contributed by atoms with Gasteiger partial charge in [-0.05, 0) is 13.0 Å². The molecule has 0 bridgehead atoms. The van der Waals surface area contributed by atoms with Crippen molar-refractivity contribution in [3.63, 3.8) is 0 Å². The maximum Gasteiger partial charge on any atom is 0.311 e. The molecule has 4 N–H and O–H groups in total. The zero-order valence-electron chi connectivity index (χ0n) is 16.8. The lowest BCUT2D eigenvalue weighted by molar-refractivity contribution is -0.142. The van der Waals surface area contributed by atoms with Gasteiger partial charge in [0.15, 0.2) is 11.5 Å². The maximum absolute atomic E-state index is 12.6. The van der Waals surface area contributed by atoms with E-state index in [4.69, 9.17) is 24.7 Å². The predicted molar refractivity (Wildman–Crippen MR) is 104 cm³/mol. The third kappa shape index (κ3) is 4.71. The zero-order valence-corrected chi connectivity index (χ0v) is 16.8. The van der Waals surface area contributed by atoms with Crippen molar-refractivity contribution in [1.29, 1.82) is 0 Å². The highest BCUT2D eigenvalue weighted by Crippen LogP contribution is 2.45. The molecule has 1 amide bonds. The predicted octanol–water partition coefficient (Wildman–Crippen LogP) is 0.842. The Morgan fingerprint density at radius 1 is 1.07 bits per heavy atom. The Kier molecular flexibility index (Phi) is 7.29. The first-order chi connectivity index (χ1) is 13.9. The lowest BCUT2D eigenvalue weighted by Gasteiger charge is -2.21. The first kappa shape index (κ1) is 21.9. The van der Waals surface area contributed by atoms with E-state index in [2.05, 4.69) is 10.2 Å². The summed E-state index contributed by atoms with van der Waals surface area (Å²) < 4.78 is 21.1. The molecule has 158 valence electrons. The number of aromatic nitrogens is 2. The Hall–Kier alpha value is -3.43. The molecular formula is C19H25N3O7. The monoisotopic (exact) mass is 407 g/mol. The van der Waals surface area contributed by atoms with Crippen LogP contribution in [0.15, 0.2) is 16.9 Å². The second kappa shape index (κ2) is 9.67. The third-order valence-corrected chi connectivity index (χ3v) is 4.39. The van der Waals surface area contributed by atoms with Crippen LogP contribution in [0, 0.1) is 0 Å². The summed E-state index contributed by atoms with van der Waals surface area (Å²) in [5.74, 6) is -0.917. The molecule has 1 heterocycles. The number of hydrogen-bond acceptors (Lipinski definition) is 7. The molecule has 10 nitrogen and oxygen atoms in total. The van der Waals surface area contributed by atoms with Crippen LogP contribution in [0.4, 0.5) is 0 Å². The summed E-state index contributed by atoms with van der Waals surface area (Å²) in [6.45, 7) is 1.89. The molecule has 0 aliphatic heterocycles. The van der Waals surface area contributed by atoms with E-state index in [1.54, 1.807) is 19.1 Å². The summed E-state index contributed by atoms with van der Waals surface area (Å²) in [6.07, 6.45) is -0.366. The summed E-state index contributed by atoms with van der Waals surface area (Å²) in [5.41, 5.74) is 5.96. The van der Waals surface area contributed by atoms with Crippen LogP contribution in [-0.4, -0.2) is 50.0 Å². The van der Waals surface area contributed by atoms with E-state index in [0.29, 0.717) is 28.5 Å². The van der Waals surface area contributed by atoms with Crippen molar-refractivity contribution in [2.75, 3.05) is 27.9 Å². The quantitative estimate of drug-likeness (QED) is 0.495. The van der Waals surface area contributed by atoms with E-state index < -0.39 is 23.4 Å². The van der Waals surface area contributed by atoms with E-state index in [1.165, 1.54) is 21.3 Å². The highest BCUT2D eigenvalue weighted by Gasteiger charge is 2.30. The summed E-state index contributed by atoms with van der Waals surface area (Å²) in [7, 11) is 4.36. The second-order valence-corrected chi connectivity index (χ2v) is 6.10. The van der Waals surface area contributed by atoms with Gasteiger partial charge in [0, 0.05) is 23.5 Å². The largest absolute Gasteiger partial charge is 0.493 e. The van der Waals surface area contributed by atoms with Gasteiger partial charge in [-0.3, -0.25) is 19.5 Å². The van der Waals surface area contributed by atoms with E-state index >= 15 is 0 Å². The average molecular weight is 407 g/mol. The van der Waals surface area contributed by atoms with E-state index in [-0.39, 0.29) is 25.0 Å². The molecule has 1 aromatic carbocycles. The highest BCUT2D eigenvalue weighted by molar-refractivity contribution is 5.77. The van der Waals surface area contributed by atoms with Gasteiger partial charge in [-0.15, -0.1) is 0 Å². The van der Waals surface area contributed by atoms with Gasteiger partial charge < -0.3 is 29.8 Å². The fourth-order valence-electron chi connectivity index (χ4n) is 3.24. The molecule has 0 aliphatic carbocycles. The van der Waals surface area contributed by atoms with Gasteiger partial charge in [0.1, 0.15) is 0 Å². The van der Waals surface area contributed by atoms with Gasteiger partial charge in [-0.25, -0.2) is 0 Å². The average Bonchev–Trinajstić information content (AvgIpc) is 3.04. The van der Waals surface area contributed by atoms with Crippen molar-refractivity contribution in [1.82, 2.24) is 10.2 Å². The van der Waals surface area contributed by atoms with Crippen molar-refractivity contribution < 1.29 is 28.5 Å². The number of nitrogens with two attached hydrogens (primary N) is 1. The van der Waals surface area contributed by atoms with Gasteiger partial charge in [-0.1, -0.05) is 6.07 Å². The van der Waals surface area contributed by atoms with Crippen LogP contribution >= 0.6 is 0 Å². The molecule has 0 spiro atoms. The maximum atomic E-state index is 12.6. The Balaban J connectivity index is 2.66. The first-order valence-electron chi connectivity index (χ1n) is 8.90. The SMILES string of the molecule is CCOC(=O)Cc1[nH][nH]c(=O)c1C(CC(N)=O)c1ccc(OC)c(OC)c1OC. The molecule has 0 aliphatic rings. The van der Waals surface area contributed by atoms with Gasteiger partial charge in [0.25, 0.3) is 5.56 Å². The van der Waals surface area contributed by atoms with E-state index in [0.717, 1.165) is 0 Å². The standard InChI is InChI=1S/C19H25N3O7/c1-5-29-15(24)9-12-16(19(25)22-21-12)11(8-14(20)23)10-6-7-13(26-2)18(28-4)17(10)27-3/h6-7,11H,5,8-9H2,1-4H3,(H2,20,23)(H2,21,22,25). The molecule has 10 heteroatoms. The summed E-state index contributed by atoms with van der Waals surface area (Å²) >= 11 is 0. The number of benzene rings is 1. The van der Waals surface area contributed by atoms with Crippen molar-refractivity contribution >= 4 is 11.9 Å². The lowest BCUT2D eigenvalue weighted by atomic mass is 9.86. The number of carbonyl (C=O) groups excluding carboxylic acids is 2. The number of nitrogens with one attached hydrogen (secondary N) is 2. The van der Waals surface area contributed by atoms with Gasteiger partial charge in [0.05, 0.1) is 40.1 Å². The molecule has 1 unspecified atom stereocenters. The number of aromatic amines is 2. The number of rotatable bonds is 10. The van der Waals surface area contributed by atoms with Gasteiger partial charge in [0.2, 0.25) is 11.7 Å². The molecule has 29 heavy (non-hydrogen) atoms. The van der Waals surface area contributed by atoms with Crippen LogP contribution in [0.25, 0.3) is 0 Å². The number of ether oxygens (including phenoxy) is 4. The summed E-state index contributed by atoms with van der Waals surface area (Å²) in [6, 6.07) is 3.30. The minimum atomic E-state index is -0.790. The molecule has 1 atom stereocenters. The van der Waals surface area contributed by atoms with Crippen LogP contribution in [0.5, 0.6) is 17.2 Å². The second-order valence-electron chi connectivity index (χ2n) is 6.10. The molecule has 1 aromatic heterocycles. The Morgan fingerprint density at radius 3 is 2.31 bits per heavy atom. The van der Waals surface area contributed by atoms with Crippen LogP contribution < -0.4 is 25.5 Å². The van der Waals surface area contributed by atoms with Crippen molar-refractivity contribution in [3.8, 4) is 17.2 Å². The molecule has 0 saturated carbocycles. The van der Waals surface area contributed by atoms with Gasteiger partial charge in [-0.2, -0.15) is 0 Å². The first-order valence-corrected chi connectivity index (χ1v) is 8.90. The number of esters is 1. The van der Waals surface area contributed by atoms with Gasteiger partial charge >= 0.3 is 5.97 Å². The number of hydrogen-bond donors (Lipinski definition) is 3. The molecule has 2 aromatic rings.